The second-order valence-electron chi connectivity index (χ2n) is 5.35. The third kappa shape index (κ3) is 2.83. The van der Waals surface area contributed by atoms with E-state index in [-0.39, 0.29) is 5.91 Å². The molecule has 0 aromatic carbocycles. The number of aryl methyl sites for hydroxylation is 1. The Morgan fingerprint density at radius 3 is 3.00 bits per heavy atom. The zero-order valence-corrected chi connectivity index (χ0v) is 11.4. The minimum absolute atomic E-state index is 0.0776. The first-order valence-electron chi connectivity index (χ1n) is 6.67. The van der Waals surface area contributed by atoms with Gasteiger partial charge >= 0.3 is 0 Å². The lowest BCUT2D eigenvalue weighted by molar-refractivity contribution is 0.0940. The summed E-state index contributed by atoms with van der Waals surface area (Å²) in [6, 6.07) is 0. The summed E-state index contributed by atoms with van der Waals surface area (Å²) < 4.78 is 2.00. The first-order valence-corrected chi connectivity index (χ1v) is 6.67. The van der Waals surface area contributed by atoms with Crippen molar-refractivity contribution in [2.24, 2.45) is 11.8 Å². The van der Waals surface area contributed by atoms with Crippen LogP contribution in [-0.2, 0) is 6.54 Å². The fourth-order valence-corrected chi connectivity index (χ4v) is 1.87. The van der Waals surface area contributed by atoms with Gasteiger partial charge in [0.05, 0.1) is 0 Å². The van der Waals surface area contributed by atoms with Crippen molar-refractivity contribution in [1.82, 2.24) is 14.9 Å². The molecule has 100 valence electrons. The van der Waals surface area contributed by atoms with E-state index in [1.807, 2.05) is 10.8 Å². The summed E-state index contributed by atoms with van der Waals surface area (Å²) in [5, 5.41) is 6.14. The number of aromatic nitrogens is 2. The van der Waals surface area contributed by atoms with E-state index in [9.17, 15) is 4.79 Å². The van der Waals surface area contributed by atoms with E-state index in [0.717, 1.165) is 25.5 Å². The Hall–Kier alpha value is -1.52. The van der Waals surface area contributed by atoms with Gasteiger partial charge in [-0.3, -0.25) is 4.79 Å². The molecule has 18 heavy (non-hydrogen) atoms. The molecule has 1 aliphatic heterocycles. The third-order valence-corrected chi connectivity index (χ3v) is 3.59. The van der Waals surface area contributed by atoms with Crippen LogP contribution in [0.2, 0.25) is 0 Å². The largest absolute Gasteiger partial charge is 0.356 e. The predicted molar refractivity (Wildman–Crippen MR) is 71.7 cm³/mol. The molecular weight excluding hydrogens is 228 g/mol. The molecule has 0 saturated heterocycles. The predicted octanol–water partition coefficient (Wildman–Crippen LogP) is 1.72. The molecule has 1 aromatic rings. The van der Waals surface area contributed by atoms with E-state index >= 15 is 0 Å². The summed E-state index contributed by atoms with van der Waals surface area (Å²) in [7, 11) is 0. The molecule has 0 aliphatic carbocycles. The summed E-state index contributed by atoms with van der Waals surface area (Å²) in [6.45, 7) is 9.04. The Balaban J connectivity index is 1.95. The molecule has 5 nitrogen and oxygen atoms in total. The molecular formula is C13H22N4O. The van der Waals surface area contributed by atoms with Gasteiger partial charge in [0.1, 0.15) is 5.69 Å². The summed E-state index contributed by atoms with van der Waals surface area (Å²) in [6.07, 6.45) is 2.91. The van der Waals surface area contributed by atoms with Gasteiger partial charge < -0.3 is 15.2 Å². The fourth-order valence-electron chi connectivity index (χ4n) is 1.87. The number of nitrogens with zero attached hydrogens (tertiary/aromatic N) is 2. The van der Waals surface area contributed by atoms with Crippen molar-refractivity contribution >= 4 is 11.9 Å². The molecule has 5 heteroatoms. The van der Waals surface area contributed by atoms with Crippen molar-refractivity contribution in [2.75, 3.05) is 18.4 Å². The Kier molecular flexibility index (Phi) is 3.89. The van der Waals surface area contributed by atoms with Crippen molar-refractivity contribution in [3.8, 4) is 0 Å². The minimum atomic E-state index is -0.0776. The quantitative estimate of drug-likeness (QED) is 0.855. The van der Waals surface area contributed by atoms with E-state index < -0.39 is 0 Å². The second kappa shape index (κ2) is 5.42. The van der Waals surface area contributed by atoms with Crippen LogP contribution in [0.5, 0.6) is 0 Å². The lowest BCUT2D eigenvalue weighted by Crippen LogP contribution is -2.30. The van der Waals surface area contributed by atoms with Crippen molar-refractivity contribution < 1.29 is 4.79 Å². The van der Waals surface area contributed by atoms with Crippen LogP contribution in [0, 0.1) is 11.8 Å². The molecule has 2 heterocycles. The molecule has 2 N–H and O–H groups in total. The minimum Gasteiger partial charge on any atom is -0.356 e. The Bertz CT molecular complexity index is 401. The molecule has 1 aromatic heterocycles. The smallest absolute Gasteiger partial charge is 0.271 e. The van der Waals surface area contributed by atoms with E-state index in [1.165, 1.54) is 0 Å². The molecule has 1 amide bonds. The van der Waals surface area contributed by atoms with Crippen LogP contribution in [0.3, 0.4) is 0 Å². The van der Waals surface area contributed by atoms with Crippen molar-refractivity contribution in [3.63, 3.8) is 0 Å². The SMILES string of the molecule is CC(C)C(C)CNC(=O)c1cn2c(n1)NCCC2. The summed E-state index contributed by atoms with van der Waals surface area (Å²) >= 11 is 0. The van der Waals surface area contributed by atoms with E-state index in [4.69, 9.17) is 0 Å². The van der Waals surface area contributed by atoms with Crippen molar-refractivity contribution in [1.29, 1.82) is 0 Å². The number of rotatable bonds is 4. The number of fused-ring (bicyclic) bond motifs is 1. The molecule has 0 spiro atoms. The number of hydrogen-bond acceptors (Lipinski definition) is 3. The van der Waals surface area contributed by atoms with E-state index in [0.29, 0.717) is 24.1 Å². The van der Waals surface area contributed by atoms with E-state index in [1.54, 1.807) is 0 Å². The van der Waals surface area contributed by atoms with Crippen molar-refractivity contribution in [3.05, 3.63) is 11.9 Å². The van der Waals surface area contributed by atoms with Gasteiger partial charge in [-0.2, -0.15) is 0 Å². The Morgan fingerprint density at radius 1 is 1.56 bits per heavy atom. The maximum Gasteiger partial charge on any atom is 0.271 e. The van der Waals surface area contributed by atoms with Crippen LogP contribution >= 0.6 is 0 Å². The van der Waals surface area contributed by atoms with E-state index in [2.05, 4.69) is 36.4 Å². The van der Waals surface area contributed by atoms with Crippen LogP contribution in [0.4, 0.5) is 5.95 Å². The maximum absolute atomic E-state index is 12.0. The third-order valence-electron chi connectivity index (χ3n) is 3.59. The standard InChI is InChI=1S/C13H22N4O/c1-9(2)10(3)7-15-12(18)11-8-17-6-4-5-14-13(17)16-11/h8-10H,4-7H2,1-3H3,(H,14,16)(H,15,18). The summed E-state index contributed by atoms with van der Waals surface area (Å²) in [4.78, 5) is 16.3. The van der Waals surface area contributed by atoms with Gasteiger partial charge in [0.25, 0.3) is 5.91 Å². The molecule has 0 radical (unpaired) electrons. The molecule has 0 bridgehead atoms. The molecule has 1 unspecified atom stereocenters. The number of anilines is 1. The Labute approximate surface area is 108 Å². The zero-order valence-electron chi connectivity index (χ0n) is 11.4. The number of hydrogen-bond donors (Lipinski definition) is 2. The molecule has 1 aliphatic rings. The monoisotopic (exact) mass is 250 g/mol. The average molecular weight is 250 g/mol. The zero-order chi connectivity index (χ0) is 13.1. The van der Waals surface area contributed by atoms with Gasteiger partial charge in [-0.15, -0.1) is 0 Å². The first-order chi connectivity index (χ1) is 8.58. The number of imidazole rings is 1. The van der Waals surface area contributed by atoms with Gasteiger partial charge in [-0.1, -0.05) is 20.8 Å². The molecule has 0 saturated carbocycles. The topological polar surface area (TPSA) is 59.0 Å². The van der Waals surface area contributed by atoms with Gasteiger partial charge in [-0.25, -0.2) is 4.98 Å². The van der Waals surface area contributed by atoms with Gasteiger partial charge in [-0.05, 0) is 18.3 Å². The lowest BCUT2D eigenvalue weighted by Gasteiger charge is -2.15. The van der Waals surface area contributed by atoms with Crippen LogP contribution in [0.15, 0.2) is 6.20 Å². The normalized spacial score (nSPS) is 16.0. The Morgan fingerprint density at radius 2 is 2.33 bits per heavy atom. The highest BCUT2D eigenvalue weighted by Crippen LogP contribution is 2.14. The molecule has 0 fully saturated rings. The van der Waals surface area contributed by atoms with Crippen molar-refractivity contribution in [2.45, 2.75) is 33.7 Å². The van der Waals surface area contributed by atoms with Gasteiger partial charge in [0.15, 0.2) is 0 Å². The number of nitrogens with one attached hydrogen (secondary N) is 2. The fraction of sp³-hybridized carbons (Fsp3) is 0.692. The highest BCUT2D eigenvalue weighted by molar-refractivity contribution is 5.92. The van der Waals surface area contributed by atoms with Crippen LogP contribution in [-0.4, -0.2) is 28.5 Å². The van der Waals surface area contributed by atoms with Crippen LogP contribution < -0.4 is 10.6 Å². The summed E-state index contributed by atoms with van der Waals surface area (Å²) in [5.41, 5.74) is 0.510. The average Bonchev–Trinajstić information content (AvgIpc) is 2.79. The highest BCUT2D eigenvalue weighted by Gasteiger charge is 2.17. The van der Waals surface area contributed by atoms with Gasteiger partial charge in [0, 0.05) is 25.8 Å². The van der Waals surface area contributed by atoms with Gasteiger partial charge in [0.2, 0.25) is 5.95 Å². The maximum atomic E-state index is 12.0. The van der Waals surface area contributed by atoms with Crippen LogP contribution in [0.1, 0.15) is 37.7 Å². The van der Waals surface area contributed by atoms with Crippen LogP contribution in [0.25, 0.3) is 0 Å². The molecule has 2 rings (SSSR count). The molecule has 1 atom stereocenters. The number of carbonyl (C=O) groups is 1. The second-order valence-corrected chi connectivity index (χ2v) is 5.35. The summed E-state index contributed by atoms with van der Waals surface area (Å²) in [5.74, 6) is 1.78. The number of amides is 1. The number of carbonyl (C=O) groups excluding carboxylic acids is 1. The first kappa shape index (κ1) is 12.9. The highest BCUT2D eigenvalue weighted by atomic mass is 16.1. The lowest BCUT2D eigenvalue weighted by atomic mass is 9.98.